The largest absolute Gasteiger partial charge is 0.497 e. The highest BCUT2D eigenvalue weighted by atomic mass is 16.5. The van der Waals surface area contributed by atoms with Gasteiger partial charge in [-0.15, -0.1) is 0 Å². The van der Waals surface area contributed by atoms with Crippen LogP contribution >= 0.6 is 0 Å². The number of benzene rings is 2. The van der Waals surface area contributed by atoms with Crippen LogP contribution < -0.4 is 14.4 Å². The number of anilines is 1. The van der Waals surface area contributed by atoms with E-state index in [1.54, 1.807) is 12.0 Å². The molecule has 2 aromatic carbocycles. The van der Waals surface area contributed by atoms with Gasteiger partial charge in [0.15, 0.2) is 0 Å². The summed E-state index contributed by atoms with van der Waals surface area (Å²) in [7, 11) is 1.66. The Kier molecular flexibility index (Phi) is 8.31. The Hall–Kier alpha value is -2.81. The van der Waals surface area contributed by atoms with Gasteiger partial charge in [-0.05, 0) is 74.2 Å². The van der Waals surface area contributed by atoms with E-state index in [1.807, 2.05) is 50.2 Å². The summed E-state index contributed by atoms with van der Waals surface area (Å²) in [6, 6.07) is 14.0. The van der Waals surface area contributed by atoms with E-state index in [9.17, 15) is 15.0 Å². The van der Waals surface area contributed by atoms with Gasteiger partial charge >= 0.3 is 0 Å². The van der Waals surface area contributed by atoms with Crippen LogP contribution in [0.5, 0.6) is 11.5 Å². The topological polar surface area (TPSA) is 85.7 Å². The summed E-state index contributed by atoms with van der Waals surface area (Å²) < 4.78 is 11.3. The summed E-state index contributed by atoms with van der Waals surface area (Å²) in [6.45, 7) is 9.20. The Labute approximate surface area is 220 Å². The average Bonchev–Trinajstić information content (AvgIpc) is 3.01. The molecular formula is C29H41N3O5. The van der Waals surface area contributed by atoms with E-state index >= 15 is 0 Å². The quantitative estimate of drug-likeness (QED) is 0.591. The number of ether oxygens (including phenoxy) is 2. The molecule has 0 bridgehead atoms. The van der Waals surface area contributed by atoms with Crippen LogP contribution in [0.3, 0.4) is 0 Å². The van der Waals surface area contributed by atoms with Crippen molar-refractivity contribution in [3.05, 3.63) is 53.6 Å². The van der Waals surface area contributed by atoms with Crippen molar-refractivity contribution in [2.75, 3.05) is 64.4 Å². The number of β-amino-alcohol motifs (C(OH)–C–C–N with tert-alkyl or cyclic N) is 2. The number of hydrogen-bond acceptors (Lipinski definition) is 7. The fraction of sp³-hybridized carbons (Fsp3) is 0.552. The maximum atomic E-state index is 12.3. The summed E-state index contributed by atoms with van der Waals surface area (Å²) in [5.74, 6) is 1.46. The van der Waals surface area contributed by atoms with Crippen LogP contribution in [0.25, 0.3) is 0 Å². The van der Waals surface area contributed by atoms with Crippen molar-refractivity contribution in [3.63, 3.8) is 0 Å². The molecule has 8 heteroatoms. The van der Waals surface area contributed by atoms with Gasteiger partial charge in [-0.25, -0.2) is 0 Å². The first-order valence-corrected chi connectivity index (χ1v) is 13.1. The van der Waals surface area contributed by atoms with Crippen molar-refractivity contribution in [1.29, 1.82) is 0 Å². The molecule has 1 atom stereocenters. The minimum Gasteiger partial charge on any atom is -0.497 e. The van der Waals surface area contributed by atoms with Gasteiger partial charge in [-0.3, -0.25) is 9.69 Å². The maximum Gasteiger partial charge on any atom is 0.219 e. The lowest BCUT2D eigenvalue weighted by Gasteiger charge is -2.42. The Bertz CT molecular complexity index is 1050. The second-order valence-electron chi connectivity index (χ2n) is 10.9. The van der Waals surface area contributed by atoms with Crippen molar-refractivity contribution in [2.24, 2.45) is 0 Å². The van der Waals surface area contributed by atoms with E-state index in [4.69, 9.17) is 9.47 Å². The molecule has 0 aliphatic carbocycles. The molecule has 2 heterocycles. The highest BCUT2D eigenvalue weighted by Crippen LogP contribution is 2.29. The first kappa shape index (κ1) is 27.2. The molecule has 2 fully saturated rings. The van der Waals surface area contributed by atoms with Gasteiger partial charge < -0.3 is 29.5 Å². The molecule has 0 radical (unpaired) electrons. The first-order valence-electron chi connectivity index (χ1n) is 13.1. The normalized spacial score (nSPS) is 22.4. The SMILES string of the molecule is COc1ccc(N2CCC(O)(CN3CCN(C(C)=O)CC(O)(COc4cc(C)cc(C)c4)C3)CC2)cc1. The molecule has 4 rings (SSSR count). The third-order valence-electron chi connectivity index (χ3n) is 7.49. The fourth-order valence-corrected chi connectivity index (χ4v) is 5.52. The number of methoxy groups -OCH3 is 1. The average molecular weight is 512 g/mol. The fourth-order valence-electron chi connectivity index (χ4n) is 5.52. The third kappa shape index (κ3) is 7.15. The molecule has 2 aliphatic rings. The highest BCUT2D eigenvalue weighted by Gasteiger charge is 2.41. The van der Waals surface area contributed by atoms with Crippen molar-refractivity contribution in [2.45, 2.75) is 44.8 Å². The zero-order valence-electron chi connectivity index (χ0n) is 22.6. The van der Waals surface area contributed by atoms with E-state index in [0.717, 1.165) is 35.7 Å². The Morgan fingerprint density at radius 3 is 2.14 bits per heavy atom. The van der Waals surface area contributed by atoms with Gasteiger partial charge in [-0.1, -0.05) is 6.07 Å². The van der Waals surface area contributed by atoms with Crippen LogP contribution in [0, 0.1) is 13.8 Å². The van der Waals surface area contributed by atoms with E-state index in [0.29, 0.717) is 44.8 Å². The third-order valence-corrected chi connectivity index (χ3v) is 7.49. The molecule has 0 saturated carbocycles. The Morgan fingerprint density at radius 1 is 0.892 bits per heavy atom. The number of aryl methyl sites for hydroxylation is 2. The van der Waals surface area contributed by atoms with E-state index in [1.165, 1.54) is 6.92 Å². The summed E-state index contributed by atoms with van der Waals surface area (Å²) in [5, 5.41) is 23.1. The lowest BCUT2D eigenvalue weighted by Crippen LogP contribution is -2.55. The summed E-state index contributed by atoms with van der Waals surface area (Å²) in [5.41, 5.74) is 1.20. The van der Waals surface area contributed by atoms with Crippen LogP contribution in [-0.4, -0.2) is 96.7 Å². The number of aliphatic hydroxyl groups is 2. The molecule has 37 heavy (non-hydrogen) atoms. The molecule has 2 aliphatic heterocycles. The molecule has 8 nitrogen and oxygen atoms in total. The second-order valence-corrected chi connectivity index (χ2v) is 10.9. The molecular weight excluding hydrogens is 470 g/mol. The van der Waals surface area contributed by atoms with Crippen LogP contribution in [0.1, 0.15) is 30.9 Å². The second kappa shape index (κ2) is 11.3. The molecule has 2 N–H and O–H groups in total. The lowest BCUT2D eigenvalue weighted by molar-refractivity contribution is -0.132. The van der Waals surface area contributed by atoms with Gasteiger partial charge in [0.2, 0.25) is 5.91 Å². The maximum absolute atomic E-state index is 12.3. The zero-order chi connectivity index (χ0) is 26.6. The van der Waals surface area contributed by atoms with Crippen LogP contribution in [0.2, 0.25) is 0 Å². The number of carbonyl (C=O) groups excluding carboxylic acids is 1. The number of piperidine rings is 1. The molecule has 0 spiro atoms. The summed E-state index contributed by atoms with van der Waals surface area (Å²) in [6.07, 6.45) is 1.26. The predicted octanol–water partition coefficient (Wildman–Crippen LogP) is 2.62. The van der Waals surface area contributed by atoms with Gasteiger partial charge in [-0.2, -0.15) is 0 Å². The van der Waals surface area contributed by atoms with Crippen molar-refractivity contribution in [3.8, 4) is 11.5 Å². The number of amides is 1. The molecule has 1 amide bonds. The molecule has 1 unspecified atom stereocenters. The van der Waals surface area contributed by atoms with E-state index in [-0.39, 0.29) is 19.1 Å². The summed E-state index contributed by atoms with van der Waals surface area (Å²) >= 11 is 0. The highest BCUT2D eigenvalue weighted by molar-refractivity contribution is 5.73. The molecule has 2 saturated heterocycles. The lowest BCUT2D eigenvalue weighted by atomic mass is 9.90. The van der Waals surface area contributed by atoms with Gasteiger partial charge in [0.25, 0.3) is 0 Å². The van der Waals surface area contributed by atoms with Crippen molar-refractivity contribution in [1.82, 2.24) is 9.80 Å². The number of nitrogens with zero attached hydrogens (tertiary/aromatic N) is 3. The smallest absolute Gasteiger partial charge is 0.219 e. The minimum absolute atomic E-state index is 0.0693. The minimum atomic E-state index is -1.25. The molecule has 2 aromatic rings. The van der Waals surface area contributed by atoms with Crippen LogP contribution in [0.15, 0.2) is 42.5 Å². The Balaban J connectivity index is 1.40. The number of carbonyl (C=O) groups is 1. The van der Waals surface area contributed by atoms with Crippen molar-refractivity contribution >= 4 is 11.6 Å². The van der Waals surface area contributed by atoms with E-state index < -0.39 is 11.2 Å². The summed E-state index contributed by atoms with van der Waals surface area (Å²) in [4.78, 5) is 18.3. The monoisotopic (exact) mass is 511 g/mol. The number of hydrogen-bond donors (Lipinski definition) is 2. The zero-order valence-corrected chi connectivity index (χ0v) is 22.6. The van der Waals surface area contributed by atoms with Crippen LogP contribution in [-0.2, 0) is 4.79 Å². The van der Waals surface area contributed by atoms with E-state index in [2.05, 4.69) is 15.9 Å². The van der Waals surface area contributed by atoms with Gasteiger partial charge in [0.05, 0.1) is 19.3 Å². The predicted molar refractivity (Wildman–Crippen MR) is 144 cm³/mol. The molecule has 202 valence electrons. The first-order chi connectivity index (χ1) is 17.6. The number of rotatable bonds is 7. The van der Waals surface area contributed by atoms with Crippen LogP contribution in [0.4, 0.5) is 5.69 Å². The van der Waals surface area contributed by atoms with Gasteiger partial charge in [0.1, 0.15) is 23.7 Å². The standard InChI is InChI=1S/C29H41N3O5/c1-22-15-23(2)17-27(16-22)37-21-29(35)19-30(13-14-32(20-29)24(3)33)18-28(34)9-11-31(12-10-28)25-5-7-26(36-4)8-6-25/h5-8,15-17,34-35H,9-14,18-21H2,1-4H3. The Morgan fingerprint density at radius 2 is 1.54 bits per heavy atom. The van der Waals surface area contributed by atoms with Gasteiger partial charge in [0, 0.05) is 51.9 Å². The molecule has 0 aromatic heterocycles. The van der Waals surface area contributed by atoms with Crippen molar-refractivity contribution < 1.29 is 24.5 Å².